The first kappa shape index (κ1) is 13.3. The van der Waals surface area contributed by atoms with E-state index in [1.165, 1.54) is 11.3 Å². The third-order valence-electron chi connectivity index (χ3n) is 2.43. The quantitative estimate of drug-likeness (QED) is 0.822. The fourth-order valence-electron chi connectivity index (χ4n) is 1.51. The Morgan fingerprint density at radius 2 is 2.37 bits per heavy atom. The Labute approximate surface area is 115 Å². The first-order chi connectivity index (χ1) is 9.22. The number of amides is 1. The van der Waals surface area contributed by atoms with Crippen molar-refractivity contribution in [2.24, 2.45) is 0 Å². The molecule has 2 N–H and O–H groups in total. The highest BCUT2D eigenvalue weighted by molar-refractivity contribution is 7.12. The van der Waals surface area contributed by atoms with Crippen LogP contribution in [0.3, 0.4) is 0 Å². The summed E-state index contributed by atoms with van der Waals surface area (Å²) in [6.07, 6.45) is 1.67. The fraction of sp³-hybridized carbons (Fsp3) is 0.143. The van der Waals surface area contributed by atoms with Gasteiger partial charge in [0.15, 0.2) is 0 Å². The summed E-state index contributed by atoms with van der Waals surface area (Å²) >= 11 is 1.32. The van der Waals surface area contributed by atoms with E-state index < -0.39 is 0 Å². The standard InChI is InChI=1S/C14H12N2O2S/c1-10-12(5-2-7-15-10)16-14(18)13-11(4-3-8-17)6-9-19-13/h2,5-7,9,17H,8H2,1H3,(H,16,18). The second kappa shape index (κ2) is 6.14. The molecule has 2 rings (SSSR count). The third-order valence-corrected chi connectivity index (χ3v) is 3.34. The lowest BCUT2D eigenvalue weighted by molar-refractivity contribution is 0.103. The number of anilines is 1. The summed E-state index contributed by atoms with van der Waals surface area (Å²) < 4.78 is 0. The molecule has 5 heteroatoms. The van der Waals surface area contributed by atoms with Crippen molar-refractivity contribution in [3.63, 3.8) is 0 Å². The van der Waals surface area contributed by atoms with Crippen molar-refractivity contribution in [3.05, 3.63) is 45.9 Å². The molecule has 19 heavy (non-hydrogen) atoms. The molecule has 0 saturated heterocycles. The molecule has 0 bridgehead atoms. The molecule has 0 aliphatic rings. The number of pyridine rings is 1. The average molecular weight is 272 g/mol. The highest BCUT2D eigenvalue weighted by Crippen LogP contribution is 2.19. The van der Waals surface area contributed by atoms with Crippen LogP contribution in [0.15, 0.2) is 29.8 Å². The number of nitrogens with zero attached hydrogens (tertiary/aromatic N) is 1. The minimum absolute atomic E-state index is 0.215. The van der Waals surface area contributed by atoms with Crippen LogP contribution < -0.4 is 5.32 Å². The molecule has 0 aliphatic heterocycles. The normalized spacial score (nSPS) is 9.58. The predicted molar refractivity (Wildman–Crippen MR) is 75.2 cm³/mol. The van der Waals surface area contributed by atoms with E-state index >= 15 is 0 Å². The number of carbonyl (C=O) groups excluding carboxylic acids is 1. The molecule has 4 nitrogen and oxygen atoms in total. The third kappa shape index (κ3) is 3.19. The maximum atomic E-state index is 12.2. The van der Waals surface area contributed by atoms with Gasteiger partial charge in [0.1, 0.15) is 11.5 Å². The van der Waals surface area contributed by atoms with E-state index in [4.69, 9.17) is 5.11 Å². The number of rotatable bonds is 2. The first-order valence-corrected chi connectivity index (χ1v) is 6.50. The molecule has 2 heterocycles. The molecule has 0 spiro atoms. The molecule has 96 valence electrons. The number of hydrogen-bond donors (Lipinski definition) is 2. The van der Waals surface area contributed by atoms with Crippen LogP contribution in [0.4, 0.5) is 5.69 Å². The molecule has 0 unspecified atom stereocenters. The van der Waals surface area contributed by atoms with Crippen molar-refractivity contribution >= 4 is 22.9 Å². The van der Waals surface area contributed by atoms with Gasteiger partial charge in [-0.05, 0) is 30.5 Å². The predicted octanol–water partition coefficient (Wildman–Crippen LogP) is 2.05. The number of aromatic nitrogens is 1. The zero-order valence-corrected chi connectivity index (χ0v) is 11.1. The second-order valence-corrected chi connectivity index (χ2v) is 4.63. The van der Waals surface area contributed by atoms with Gasteiger partial charge in [0, 0.05) is 11.8 Å². The minimum Gasteiger partial charge on any atom is -0.384 e. The van der Waals surface area contributed by atoms with Crippen LogP contribution in [-0.4, -0.2) is 22.6 Å². The van der Waals surface area contributed by atoms with E-state index in [1.807, 2.05) is 6.92 Å². The summed E-state index contributed by atoms with van der Waals surface area (Å²) in [5.74, 6) is 5.08. The molecule has 2 aromatic heterocycles. The van der Waals surface area contributed by atoms with Gasteiger partial charge in [-0.25, -0.2) is 0 Å². The monoisotopic (exact) mass is 272 g/mol. The zero-order valence-electron chi connectivity index (χ0n) is 10.3. The Kier molecular flexibility index (Phi) is 4.29. The van der Waals surface area contributed by atoms with Crippen LogP contribution >= 0.6 is 11.3 Å². The van der Waals surface area contributed by atoms with Gasteiger partial charge in [-0.1, -0.05) is 11.8 Å². The molecule has 0 saturated carbocycles. The van der Waals surface area contributed by atoms with Crippen molar-refractivity contribution in [1.29, 1.82) is 0 Å². The molecule has 2 aromatic rings. The minimum atomic E-state index is -0.224. The molecular weight excluding hydrogens is 260 g/mol. The molecule has 1 amide bonds. The molecule has 0 aromatic carbocycles. The van der Waals surface area contributed by atoms with Crippen molar-refractivity contribution in [2.75, 3.05) is 11.9 Å². The molecule has 0 fully saturated rings. The van der Waals surface area contributed by atoms with E-state index in [9.17, 15) is 4.79 Å². The zero-order chi connectivity index (χ0) is 13.7. The van der Waals surface area contributed by atoms with Crippen LogP contribution in [0.25, 0.3) is 0 Å². The lowest BCUT2D eigenvalue weighted by Crippen LogP contribution is -2.12. The lowest BCUT2D eigenvalue weighted by atomic mass is 10.2. The number of nitrogens with one attached hydrogen (secondary N) is 1. The fourth-order valence-corrected chi connectivity index (χ4v) is 2.26. The summed E-state index contributed by atoms with van der Waals surface area (Å²) in [6, 6.07) is 5.33. The SMILES string of the molecule is Cc1ncccc1NC(=O)c1sccc1C#CCO. The number of hydrogen-bond acceptors (Lipinski definition) is 4. The number of aryl methyl sites for hydroxylation is 1. The van der Waals surface area contributed by atoms with Crippen LogP contribution in [0.1, 0.15) is 20.9 Å². The summed E-state index contributed by atoms with van der Waals surface area (Å²) in [4.78, 5) is 16.8. The van der Waals surface area contributed by atoms with Crippen LogP contribution in [0.5, 0.6) is 0 Å². The van der Waals surface area contributed by atoms with Gasteiger partial charge in [0.2, 0.25) is 0 Å². The Hall–Kier alpha value is -2.16. The number of carbonyl (C=O) groups is 1. The summed E-state index contributed by atoms with van der Waals surface area (Å²) in [6.45, 7) is 1.61. The number of thiophene rings is 1. The maximum Gasteiger partial charge on any atom is 0.267 e. The highest BCUT2D eigenvalue weighted by atomic mass is 32.1. The smallest absolute Gasteiger partial charge is 0.267 e. The Morgan fingerprint density at radius 3 is 3.11 bits per heavy atom. The van der Waals surface area contributed by atoms with E-state index in [0.717, 1.165) is 5.69 Å². The Balaban J connectivity index is 2.22. The lowest BCUT2D eigenvalue weighted by Gasteiger charge is -2.06. The van der Waals surface area contributed by atoms with Crippen LogP contribution in [-0.2, 0) is 0 Å². The van der Waals surface area contributed by atoms with Crippen LogP contribution in [0.2, 0.25) is 0 Å². The van der Waals surface area contributed by atoms with E-state index in [2.05, 4.69) is 22.1 Å². The molecule has 0 aliphatic carbocycles. The second-order valence-electron chi connectivity index (χ2n) is 3.71. The molecule has 0 atom stereocenters. The average Bonchev–Trinajstić information content (AvgIpc) is 2.87. The van der Waals surface area contributed by atoms with Gasteiger partial charge in [-0.2, -0.15) is 0 Å². The molecular formula is C14H12N2O2S. The summed E-state index contributed by atoms with van der Waals surface area (Å²) in [7, 11) is 0. The van der Waals surface area contributed by atoms with Crippen molar-refractivity contribution < 1.29 is 9.90 Å². The van der Waals surface area contributed by atoms with Crippen molar-refractivity contribution in [3.8, 4) is 11.8 Å². The Morgan fingerprint density at radius 1 is 1.53 bits per heavy atom. The van der Waals surface area contributed by atoms with Gasteiger partial charge < -0.3 is 10.4 Å². The number of aliphatic hydroxyl groups excluding tert-OH is 1. The molecule has 0 radical (unpaired) electrons. The number of aliphatic hydroxyl groups is 1. The van der Waals surface area contributed by atoms with Gasteiger partial charge in [0.05, 0.1) is 11.4 Å². The first-order valence-electron chi connectivity index (χ1n) is 5.62. The summed E-state index contributed by atoms with van der Waals surface area (Å²) in [5.41, 5.74) is 2.07. The topological polar surface area (TPSA) is 62.2 Å². The van der Waals surface area contributed by atoms with Crippen molar-refractivity contribution in [1.82, 2.24) is 4.98 Å². The highest BCUT2D eigenvalue weighted by Gasteiger charge is 2.13. The maximum absolute atomic E-state index is 12.2. The van der Waals surface area contributed by atoms with Gasteiger partial charge in [-0.15, -0.1) is 11.3 Å². The van der Waals surface area contributed by atoms with Gasteiger partial charge in [-0.3, -0.25) is 9.78 Å². The Bertz CT molecular complexity index is 653. The van der Waals surface area contributed by atoms with E-state index in [1.54, 1.807) is 29.8 Å². The van der Waals surface area contributed by atoms with E-state index in [-0.39, 0.29) is 12.5 Å². The van der Waals surface area contributed by atoms with E-state index in [0.29, 0.717) is 16.1 Å². The van der Waals surface area contributed by atoms with Crippen molar-refractivity contribution in [2.45, 2.75) is 6.92 Å². The van der Waals surface area contributed by atoms with Crippen LogP contribution in [0, 0.1) is 18.8 Å². The van der Waals surface area contributed by atoms with Gasteiger partial charge >= 0.3 is 0 Å². The van der Waals surface area contributed by atoms with Gasteiger partial charge in [0.25, 0.3) is 5.91 Å². The largest absolute Gasteiger partial charge is 0.384 e. The summed E-state index contributed by atoms with van der Waals surface area (Å²) in [5, 5.41) is 13.3.